The predicted octanol–water partition coefficient (Wildman–Crippen LogP) is 2.15. The Morgan fingerprint density at radius 1 is 1.27 bits per heavy atom. The number of nitrogens with one attached hydrogen (secondary N) is 2. The van der Waals surface area contributed by atoms with Crippen molar-refractivity contribution in [3.8, 4) is 0 Å². The summed E-state index contributed by atoms with van der Waals surface area (Å²) in [6.07, 6.45) is 6.30. The Kier molecular flexibility index (Phi) is 5.51. The van der Waals surface area contributed by atoms with Gasteiger partial charge < -0.3 is 5.32 Å². The standard InChI is InChI=1S/C11H19N3O/c1-2-3-4-5-6-9-12-10-7-8-11(15)14-13-10/h7-8H,2-6,9H2,1H3,(H,12,13)(H,14,15). The number of anilines is 1. The maximum atomic E-state index is 10.7. The lowest BCUT2D eigenvalue weighted by molar-refractivity contribution is 0.644. The molecule has 0 aromatic carbocycles. The van der Waals surface area contributed by atoms with Gasteiger partial charge in [-0.1, -0.05) is 32.6 Å². The maximum absolute atomic E-state index is 10.7. The second-order valence-corrected chi connectivity index (χ2v) is 3.65. The van der Waals surface area contributed by atoms with E-state index in [4.69, 9.17) is 0 Å². The van der Waals surface area contributed by atoms with Gasteiger partial charge in [-0.25, -0.2) is 5.10 Å². The first kappa shape index (κ1) is 11.8. The molecule has 0 aliphatic rings. The van der Waals surface area contributed by atoms with Gasteiger partial charge in [0.15, 0.2) is 0 Å². The summed E-state index contributed by atoms with van der Waals surface area (Å²) >= 11 is 0. The molecule has 0 atom stereocenters. The van der Waals surface area contributed by atoms with E-state index in [1.54, 1.807) is 6.07 Å². The number of aromatic amines is 1. The fourth-order valence-electron chi connectivity index (χ4n) is 1.39. The van der Waals surface area contributed by atoms with E-state index < -0.39 is 0 Å². The average molecular weight is 209 g/mol. The van der Waals surface area contributed by atoms with E-state index in [1.807, 2.05) is 0 Å². The van der Waals surface area contributed by atoms with Crippen molar-refractivity contribution in [2.24, 2.45) is 0 Å². The molecule has 0 fully saturated rings. The number of H-pyrrole nitrogens is 1. The minimum absolute atomic E-state index is 0.163. The summed E-state index contributed by atoms with van der Waals surface area (Å²) < 4.78 is 0. The van der Waals surface area contributed by atoms with E-state index >= 15 is 0 Å². The largest absolute Gasteiger partial charge is 0.369 e. The van der Waals surface area contributed by atoms with Gasteiger partial charge >= 0.3 is 0 Å². The second kappa shape index (κ2) is 7.04. The molecule has 4 nitrogen and oxygen atoms in total. The Balaban J connectivity index is 2.10. The fraction of sp³-hybridized carbons (Fsp3) is 0.636. The molecular weight excluding hydrogens is 190 g/mol. The zero-order chi connectivity index (χ0) is 10.9. The molecule has 0 saturated carbocycles. The third-order valence-electron chi connectivity index (χ3n) is 2.27. The van der Waals surface area contributed by atoms with E-state index in [0.29, 0.717) is 0 Å². The van der Waals surface area contributed by atoms with Crippen LogP contribution in [0.4, 0.5) is 5.82 Å². The summed E-state index contributed by atoms with van der Waals surface area (Å²) in [6.45, 7) is 3.13. The molecule has 0 unspecified atom stereocenters. The van der Waals surface area contributed by atoms with Crippen molar-refractivity contribution in [3.05, 3.63) is 22.5 Å². The minimum Gasteiger partial charge on any atom is -0.369 e. The van der Waals surface area contributed by atoms with Gasteiger partial charge in [0.05, 0.1) is 0 Å². The molecule has 1 heterocycles. The lowest BCUT2D eigenvalue weighted by Crippen LogP contribution is -2.10. The molecule has 2 N–H and O–H groups in total. The van der Waals surface area contributed by atoms with Crippen LogP contribution in [0.5, 0.6) is 0 Å². The van der Waals surface area contributed by atoms with Crippen molar-refractivity contribution in [3.63, 3.8) is 0 Å². The summed E-state index contributed by atoms with van der Waals surface area (Å²) in [5.41, 5.74) is -0.163. The molecular formula is C11H19N3O. The quantitative estimate of drug-likeness (QED) is 0.676. The van der Waals surface area contributed by atoms with Crippen LogP contribution in [0.2, 0.25) is 0 Å². The molecule has 1 aromatic rings. The zero-order valence-corrected chi connectivity index (χ0v) is 9.25. The first-order valence-corrected chi connectivity index (χ1v) is 5.62. The summed E-state index contributed by atoms with van der Waals surface area (Å²) in [5, 5.41) is 9.42. The highest BCUT2D eigenvalue weighted by Gasteiger charge is 1.93. The van der Waals surface area contributed by atoms with Crippen LogP contribution in [0.15, 0.2) is 16.9 Å². The molecule has 0 aliphatic heterocycles. The van der Waals surface area contributed by atoms with Crippen LogP contribution < -0.4 is 10.9 Å². The number of hydrogen-bond donors (Lipinski definition) is 2. The van der Waals surface area contributed by atoms with Gasteiger partial charge in [-0.05, 0) is 12.5 Å². The van der Waals surface area contributed by atoms with Gasteiger partial charge in [0.2, 0.25) is 0 Å². The van der Waals surface area contributed by atoms with Gasteiger partial charge in [-0.3, -0.25) is 4.79 Å². The van der Waals surface area contributed by atoms with Crippen molar-refractivity contribution in [1.29, 1.82) is 0 Å². The summed E-state index contributed by atoms with van der Waals surface area (Å²) in [5.74, 6) is 0.741. The van der Waals surface area contributed by atoms with E-state index in [2.05, 4.69) is 22.4 Å². The number of unbranched alkanes of at least 4 members (excludes halogenated alkanes) is 4. The van der Waals surface area contributed by atoms with Crippen molar-refractivity contribution in [2.45, 2.75) is 39.0 Å². The Labute approximate surface area is 90.1 Å². The van der Waals surface area contributed by atoms with Gasteiger partial charge in [-0.15, -0.1) is 0 Å². The van der Waals surface area contributed by atoms with Gasteiger partial charge in [0, 0.05) is 12.6 Å². The van der Waals surface area contributed by atoms with Crippen LogP contribution in [0.25, 0.3) is 0 Å². The Hall–Kier alpha value is -1.32. The van der Waals surface area contributed by atoms with Crippen molar-refractivity contribution < 1.29 is 0 Å². The van der Waals surface area contributed by atoms with Gasteiger partial charge in [0.1, 0.15) is 5.82 Å². The topological polar surface area (TPSA) is 57.8 Å². The molecule has 15 heavy (non-hydrogen) atoms. The lowest BCUT2D eigenvalue weighted by atomic mass is 10.1. The van der Waals surface area contributed by atoms with E-state index in [1.165, 1.54) is 31.7 Å². The Bertz CT molecular complexity index is 301. The van der Waals surface area contributed by atoms with E-state index in [0.717, 1.165) is 18.8 Å². The molecule has 84 valence electrons. The molecule has 4 heteroatoms. The second-order valence-electron chi connectivity index (χ2n) is 3.65. The highest BCUT2D eigenvalue weighted by atomic mass is 16.1. The molecule has 0 spiro atoms. The molecule has 0 bridgehead atoms. The highest BCUT2D eigenvalue weighted by Crippen LogP contribution is 2.03. The van der Waals surface area contributed by atoms with Gasteiger partial charge in [0.25, 0.3) is 5.56 Å². The van der Waals surface area contributed by atoms with Crippen LogP contribution in [0.1, 0.15) is 39.0 Å². The molecule has 0 saturated heterocycles. The normalized spacial score (nSPS) is 10.2. The number of hydrogen-bond acceptors (Lipinski definition) is 3. The minimum atomic E-state index is -0.163. The van der Waals surface area contributed by atoms with Crippen molar-refractivity contribution in [1.82, 2.24) is 10.2 Å². The molecule has 1 rings (SSSR count). The van der Waals surface area contributed by atoms with Crippen LogP contribution in [0.3, 0.4) is 0 Å². The highest BCUT2D eigenvalue weighted by molar-refractivity contribution is 5.30. The number of rotatable bonds is 7. The Morgan fingerprint density at radius 2 is 2.07 bits per heavy atom. The number of nitrogens with zero attached hydrogens (tertiary/aromatic N) is 1. The monoisotopic (exact) mass is 209 g/mol. The zero-order valence-electron chi connectivity index (χ0n) is 9.25. The summed E-state index contributed by atoms with van der Waals surface area (Å²) in [6, 6.07) is 3.18. The van der Waals surface area contributed by atoms with Crippen molar-refractivity contribution in [2.75, 3.05) is 11.9 Å². The van der Waals surface area contributed by atoms with Crippen molar-refractivity contribution >= 4 is 5.82 Å². The molecule has 1 aromatic heterocycles. The predicted molar refractivity (Wildman–Crippen MR) is 62.1 cm³/mol. The van der Waals surface area contributed by atoms with Crippen LogP contribution in [-0.2, 0) is 0 Å². The molecule has 0 aliphatic carbocycles. The number of aromatic nitrogens is 2. The van der Waals surface area contributed by atoms with E-state index in [-0.39, 0.29) is 5.56 Å². The first-order chi connectivity index (χ1) is 7.33. The van der Waals surface area contributed by atoms with Gasteiger partial charge in [-0.2, -0.15) is 5.10 Å². The van der Waals surface area contributed by atoms with Crippen LogP contribution >= 0.6 is 0 Å². The fourth-order valence-corrected chi connectivity index (χ4v) is 1.39. The maximum Gasteiger partial charge on any atom is 0.264 e. The lowest BCUT2D eigenvalue weighted by Gasteiger charge is -2.03. The Morgan fingerprint density at radius 3 is 2.73 bits per heavy atom. The first-order valence-electron chi connectivity index (χ1n) is 5.62. The average Bonchev–Trinajstić information content (AvgIpc) is 2.26. The van der Waals surface area contributed by atoms with E-state index in [9.17, 15) is 4.79 Å². The molecule has 0 radical (unpaired) electrons. The summed E-state index contributed by atoms with van der Waals surface area (Å²) in [7, 11) is 0. The van der Waals surface area contributed by atoms with Crippen LogP contribution in [0, 0.1) is 0 Å². The SMILES string of the molecule is CCCCCCCNc1ccc(=O)[nH]n1. The third-order valence-corrected chi connectivity index (χ3v) is 2.27. The smallest absolute Gasteiger partial charge is 0.264 e. The van der Waals surface area contributed by atoms with Crippen LogP contribution in [-0.4, -0.2) is 16.7 Å². The summed E-state index contributed by atoms with van der Waals surface area (Å²) in [4.78, 5) is 10.7. The third kappa shape index (κ3) is 5.20. The molecule has 0 amide bonds.